The number of anilines is 1. The molecule has 208 valence electrons. The highest BCUT2D eigenvalue weighted by molar-refractivity contribution is 6.08. The molecule has 1 aliphatic rings. The van der Waals surface area contributed by atoms with Crippen molar-refractivity contribution in [2.24, 2.45) is 0 Å². The molecule has 1 fully saturated rings. The van der Waals surface area contributed by atoms with Crippen LogP contribution in [0.25, 0.3) is 33.3 Å². The first-order valence-corrected chi connectivity index (χ1v) is 13.0. The van der Waals surface area contributed by atoms with Crippen LogP contribution < -0.4 is 10.2 Å². The van der Waals surface area contributed by atoms with Gasteiger partial charge in [0.05, 0.1) is 16.6 Å². The van der Waals surface area contributed by atoms with Gasteiger partial charge in [0, 0.05) is 48.7 Å². The zero-order valence-electron chi connectivity index (χ0n) is 22.4. The van der Waals surface area contributed by atoms with E-state index >= 15 is 0 Å². The third-order valence-electron chi connectivity index (χ3n) is 6.80. The summed E-state index contributed by atoms with van der Waals surface area (Å²) >= 11 is 0. The molecule has 1 saturated heterocycles. The second kappa shape index (κ2) is 10.6. The predicted molar refractivity (Wildman–Crippen MR) is 148 cm³/mol. The van der Waals surface area contributed by atoms with Gasteiger partial charge in [0.25, 0.3) is 0 Å². The number of piperidine rings is 1. The van der Waals surface area contributed by atoms with Crippen LogP contribution in [0.5, 0.6) is 0 Å². The van der Waals surface area contributed by atoms with Gasteiger partial charge in [0.1, 0.15) is 22.9 Å². The van der Waals surface area contributed by atoms with E-state index in [0.29, 0.717) is 59.2 Å². The second-order valence-corrected chi connectivity index (χ2v) is 10.9. The van der Waals surface area contributed by atoms with E-state index in [4.69, 9.17) is 4.74 Å². The number of carbonyl (C=O) groups excluding carboxylic acids is 1. The molecule has 5 rings (SSSR count). The number of hydrogen-bond acceptors (Lipinski definition) is 5. The molecule has 1 amide bonds. The number of aromatic nitrogens is 2. The number of amides is 1. The second-order valence-electron chi connectivity index (χ2n) is 10.9. The molecule has 3 heterocycles. The van der Waals surface area contributed by atoms with E-state index in [0.717, 1.165) is 11.8 Å². The Hall–Kier alpha value is -4.47. The van der Waals surface area contributed by atoms with Crippen LogP contribution in [0.4, 0.5) is 19.3 Å². The van der Waals surface area contributed by atoms with Gasteiger partial charge in [-0.05, 0) is 69.0 Å². The highest BCUT2D eigenvalue weighted by atomic mass is 19.1. The minimum absolute atomic E-state index is 0.101. The summed E-state index contributed by atoms with van der Waals surface area (Å²) < 4.78 is 34.0. The molecule has 2 aromatic heterocycles. The van der Waals surface area contributed by atoms with E-state index in [1.54, 1.807) is 45.3 Å². The van der Waals surface area contributed by atoms with Crippen LogP contribution >= 0.6 is 0 Å². The number of fused-ring (bicyclic) bond motifs is 1. The lowest BCUT2D eigenvalue weighted by atomic mass is 9.96. The Balaban J connectivity index is 1.58. The van der Waals surface area contributed by atoms with Gasteiger partial charge in [-0.2, -0.15) is 0 Å². The number of rotatable bonds is 5. The van der Waals surface area contributed by atoms with Crippen LogP contribution in [0.1, 0.15) is 44.0 Å². The maximum Gasteiger partial charge on any atom is 0.407 e. The molecule has 10 heteroatoms. The number of carboxylic acids is 1. The van der Waals surface area contributed by atoms with Gasteiger partial charge in [0.2, 0.25) is 0 Å². The van der Waals surface area contributed by atoms with Crippen molar-refractivity contribution in [3.63, 3.8) is 0 Å². The first kappa shape index (κ1) is 27.1. The lowest BCUT2D eigenvalue weighted by Crippen LogP contribution is -2.46. The van der Waals surface area contributed by atoms with Crippen LogP contribution in [-0.4, -0.2) is 51.9 Å². The quantitative estimate of drug-likeness (QED) is 0.268. The third kappa shape index (κ3) is 5.75. The Kier molecular flexibility index (Phi) is 7.18. The average Bonchev–Trinajstić information content (AvgIpc) is 3.31. The lowest BCUT2D eigenvalue weighted by molar-refractivity contribution is 0.0496. The number of alkyl carbamates (subject to hydrolysis) is 1. The summed E-state index contributed by atoms with van der Waals surface area (Å²) in [6, 6.07) is 9.84. The Morgan fingerprint density at radius 2 is 1.75 bits per heavy atom. The predicted octanol–water partition coefficient (Wildman–Crippen LogP) is 6.37. The zero-order valence-corrected chi connectivity index (χ0v) is 22.4. The summed E-state index contributed by atoms with van der Waals surface area (Å²) in [5, 5.41) is 13.2. The van der Waals surface area contributed by atoms with E-state index in [9.17, 15) is 23.5 Å². The minimum atomic E-state index is -1.05. The third-order valence-corrected chi connectivity index (χ3v) is 6.80. The smallest absolute Gasteiger partial charge is 0.407 e. The van der Waals surface area contributed by atoms with Gasteiger partial charge in [-0.25, -0.2) is 23.4 Å². The number of ether oxygens (including phenoxy) is 1. The van der Waals surface area contributed by atoms with Crippen molar-refractivity contribution < 1.29 is 28.2 Å². The van der Waals surface area contributed by atoms with E-state index in [-0.39, 0.29) is 11.6 Å². The van der Waals surface area contributed by atoms with E-state index in [1.807, 2.05) is 6.07 Å². The number of carboxylic acid groups (broad SMARTS) is 1. The Morgan fingerprint density at radius 1 is 1.05 bits per heavy atom. The number of nitrogens with zero attached hydrogens (tertiary/aromatic N) is 2. The van der Waals surface area contributed by atoms with Crippen molar-refractivity contribution in [2.45, 2.75) is 45.3 Å². The number of halogens is 2. The van der Waals surface area contributed by atoms with Gasteiger partial charge < -0.3 is 25.0 Å². The number of aromatic carboxylic acids is 1. The number of nitrogens with one attached hydrogen (secondary N) is 2. The van der Waals surface area contributed by atoms with Crippen molar-refractivity contribution in [2.75, 3.05) is 18.0 Å². The Morgan fingerprint density at radius 3 is 2.40 bits per heavy atom. The van der Waals surface area contributed by atoms with Gasteiger partial charge in [-0.3, -0.25) is 0 Å². The molecule has 8 nitrogen and oxygen atoms in total. The average molecular weight is 549 g/mol. The molecule has 0 aliphatic carbocycles. The van der Waals surface area contributed by atoms with Crippen molar-refractivity contribution in [3.8, 4) is 22.3 Å². The molecule has 0 saturated carbocycles. The molecular weight excluding hydrogens is 518 g/mol. The standard InChI is InChI=1S/C30H30F2N4O4/c1-30(2,3)40-29(39)35-22-7-9-36(10-8-22)26-24(19-12-20(31)14-21(32)13-19)16-34-27-25(26)23(15-33-27)17-5-4-6-18(11-17)28(37)38/h4-6,11-16,22H,7-10H2,1-3H3,(H,33,34)(H,35,39)(H,37,38). The molecular formula is C30H30F2N4O4. The topological polar surface area (TPSA) is 108 Å². The maximum atomic E-state index is 14.3. The van der Waals surface area contributed by atoms with Gasteiger partial charge in [0.15, 0.2) is 0 Å². The normalized spacial score (nSPS) is 14.4. The molecule has 3 N–H and O–H groups in total. The molecule has 40 heavy (non-hydrogen) atoms. The van der Waals surface area contributed by atoms with Gasteiger partial charge in [-0.15, -0.1) is 0 Å². The van der Waals surface area contributed by atoms with Gasteiger partial charge in [-0.1, -0.05) is 12.1 Å². The van der Waals surface area contributed by atoms with Gasteiger partial charge >= 0.3 is 12.1 Å². The summed E-state index contributed by atoms with van der Waals surface area (Å²) in [6.45, 7) is 6.51. The van der Waals surface area contributed by atoms with Crippen molar-refractivity contribution in [1.82, 2.24) is 15.3 Å². The largest absolute Gasteiger partial charge is 0.478 e. The van der Waals surface area contributed by atoms with Crippen LogP contribution in [0.15, 0.2) is 54.9 Å². The fraction of sp³-hybridized carbons (Fsp3) is 0.300. The molecule has 4 aromatic rings. The SMILES string of the molecule is CC(C)(C)OC(=O)NC1CCN(c2c(-c3cc(F)cc(F)c3)cnc3[nH]cc(-c4cccc(C(=O)O)c4)c23)CC1. The number of benzene rings is 2. The maximum absolute atomic E-state index is 14.3. The Bertz CT molecular complexity index is 1570. The molecule has 1 aliphatic heterocycles. The number of hydrogen-bond donors (Lipinski definition) is 3. The molecule has 0 unspecified atom stereocenters. The number of H-pyrrole nitrogens is 1. The minimum Gasteiger partial charge on any atom is -0.478 e. The Labute approximate surface area is 230 Å². The monoisotopic (exact) mass is 548 g/mol. The van der Waals surface area contributed by atoms with Crippen molar-refractivity contribution >= 4 is 28.8 Å². The molecule has 0 radical (unpaired) electrons. The van der Waals surface area contributed by atoms with E-state index in [2.05, 4.69) is 20.2 Å². The summed E-state index contributed by atoms with van der Waals surface area (Å²) in [4.78, 5) is 33.8. The fourth-order valence-electron chi connectivity index (χ4n) is 5.10. The van der Waals surface area contributed by atoms with E-state index < -0.39 is 29.3 Å². The summed E-state index contributed by atoms with van der Waals surface area (Å²) in [6.07, 6.45) is 4.11. The number of carbonyl (C=O) groups is 2. The molecule has 0 atom stereocenters. The first-order chi connectivity index (χ1) is 19.0. The summed E-state index contributed by atoms with van der Waals surface area (Å²) in [7, 11) is 0. The number of pyridine rings is 1. The first-order valence-electron chi connectivity index (χ1n) is 13.0. The van der Waals surface area contributed by atoms with E-state index in [1.165, 1.54) is 18.2 Å². The molecule has 2 aromatic carbocycles. The fourth-order valence-corrected chi connectivity index (χ4v) is 5.10. The van der Waals surface area contributed by atoms with Crippen LogP contribution in [0.3, 0.4) is 0 Å². The molecule has 0 spiro atoms. The highest BCUT2D eigenvalue weighted by Gasteiger charge is 2.28. The van der Waals surface area contributed by atoms with Crippen molar-refractivity contribution in [1.29, 1.82) is 0 Å². The lowest BCUT2D eigenvalue weighted by Gasteiger charge is -2.36. The zero-order chi connectivity index (χ0) is 28.6. The van der Waals surface area contributed by atoms with Crippen LogP contribution in [0.2, 0.25) is 0 Å². The highest BCUT2D eigenvalue weighted by Crippen LogP contribution is 2.42. The van der Waals surface area contributed by atoms with Crippen LogP contribution in [-0.2, 0) is 4.74 Å². The van der Waals surface area contributed by atoms with Crippen LogP contribution in [0, 0.1) is 11.6 Å². The van der Waals surface area contributed by atoms with Crippen molar-refractivity contribution in [3.05, 3.63) is 72.1 Å². The number of aromatic amines is 1. The summed E-state index contributed by atoms with van der Waals surface area (Å²) in [5.74, 6) is -2.45. The molecule has 0 bridgehead atoms. The summed E-state index contributed by atoms with van der Waals surface area (Å²) in [5.41, 5.74) is 3.07.